The van der Waals surface area contributed by atoms with Gasteiger partial charge in [0.1, 0.15) is 16.7 Å². The van der Waals surface area contributed by atoms with Crippen LogP contribution in [0.1, 0.15) is 13.3 Å². The maximum atomic E-state index is 12.7. The van der Waals surface area contributed by atoms with Crippen molar-refractivity contribution in [1.82, 2.24) is 14.3 Å². The van der Waals surface area contributed by atoms with Crippen molar-refractivity contribution in [2.75, 3.05) is 19.7 Å². The maximum Gasteiger partial charge on any atom is 0.244 e. The van der Waals surface area contributed by atoms with Crippen molar-refractivity contribution < 1.29 is 17.9 Å². The summed E-state index contributed by atoms with van der Waals surface area (Å²) in [5.41, 5.74) is 0. The third kappa shape index (κ3) is 3.65. The van der Waals surface area contributed by atoms with Crippen LogP contribution in [0, 0.1) is 0 Å². The summed E-state index contributed by atoms with van der Waals surface area (Å²) in [7, 11) is -3.58. The van der Waals surface area contributed by atoms with Crippen LogP contribution < -0.4 is 9.47 Å². The molecule has 2 aromatic rings. The minimum Gasteiger partial charge on any atom is -0.487 e. The van der Waals surface area contributed by atoms with E-state index < -0.39 is 10.0 Å². The van der Waals surface area contributed by atoms with E-state index in [1.807, 2.05) is 6.92 Å². The van der Waals surface area contributed by atoms with E-state index in [1.165, 1.54) is 16.6 Å². The zero-order valence-electron chi connectivity index (χ0n) is 13.3. The molecule has 0 bridgehead atoms. The summed E-state index contributed by atoms with van der Waals surface area (Å²) >= 11 is 0. The molecule has 0 N–H and O–H groups in total. The van der Waals surface area contributed by atoms with Crippen molar-refractivity contribution in [1.29, 1.82) is 0 Å². The molecule has 1 aliphatic heterocycles. The molecular formula is C16H19N3O4S. The summed E-state index contributed by atoms with van der Waals surface area (Å²) in [5.74, 6) is 1.06. The molecule has 1 aliphatic rings. The number of nitrogens with zero attached hydrogens (tertiary/aromatic N) is 3. The van der Waals surface area contributed by atoms with E-state index >= 15 is 0 Å². The fourth-order valence-electron chi connectivity index (χ4n) is 2.52. The molecule has 7 nitrogen and oxygen atoms in total. The first kappa shape index (κ1) is 16.7. The van der Waals surface area contributed by atoms with Gasteiger partial charge in [0.15, 0.2) is 0 Å². The minimum absolute atomic E-state index is 0.160. The molecule has 1 saturated heterocycles. The van der Waals surface area contributed by atoms with Gasteiger partial charge in [0.25, 0.3) is 0 Å². The minimum atomic E-state index is -3.58. The summed E-state index contributed by atoms with van der Waals surface area (Å²) in [4.78, 5) is 8.17. The van der Waals surface area contributed by atoms with Crippen LogP contribution in [0.2, 0.25) is 0 Å². The number of hydrogen-bond donors (Lipinski definition) is 0. The number of ether oxygens (including phenoxy) is 2. The monoisotopic (exact) mass is 349 g/mol. The van der Waals surface area contributed by atoms with Crippen LogP contribution in [-0.2, 0) is 10.0 Å². The molecule has 3 rings (SSSR count). The number of hydrogen-bond acceptors (Lipinski definition) is 6. The zero-order chi connectivity index (χ0) is 17.0. The second-order valence-electron chi connectivity index (χ2n) is 5.35. The van der Waals surface area contributed by atoms with Gasteiger partial charge in [-0.15, -0.1) is 0 Å². The van der Waals surface area contributed by atoms with Crippen molar-refractivity contribution in [3.63, 3.8) is 0 Å². The predicted octanol–water partition coefficient (Wildman–Crippen LogP) is 1.72. The zero-order valence-corrected chi connectivity index (χ0v) is 14.1. The van der Waals surface area contributed by atoms with Crippen LogP contribution in [0.25, 0.3) is 0 Å². The van der Waals surface area contributed by atoms with E-state index in [9.17, 15) is 8.42 Å². The molecule has 128 valence electrons. The Labute approximate surface area is 141 Å². The third-order valence-electron chi connectivity index (χ3n) is 3.68. The van der Waals surface area contributed by atoms with Crippen LogP contribution in [0.3, 0.4) is 0 Å². The molecule has 0 amide bonds. The van der Waals surface area contributed by atoms with E-state index in [-0.39, 0.29) is 11.0 Å². The van der Waals surface area contributed by atoms with Crippen LogP contribution in [0.5, 0.6) is 11.6 Å². The van der Waals surface area contributed by atoms with E-state index in [1.54, 1.807) is 30.6 Å². The largest absolute Gasteiger partial charge is 0.487 e. The van der Waals surface area contributed by atoms with E-state index in [4.69, 9.17) is 9.47 Å². The van der Waals surface area contributed by atoms with E-state index in [0.717, 1.165) is 0 Å². The normalized spacial score (nSPS) is 18.5. The summed E-state index contributed by atoms with van der Waals surface area (Å²) in [6.45, 7) is 3.06. The molecular weight excluding hydrogens is 330 g/mol. The van der Waals surface area contributed by atoms with Gasteiger partial charge in [-0.2, -0.15) is 4.31 Å². The fourth-order valence-corrected chi connectivity index (χ4v) is 3.96. The van der Waals surface area contributed by atoms with Crippen LogP contribution in [0.15, 0.2) is 47.8 Å². The Hall–Kier alpha value is -2.19. The maximum absolute atomic E-state index is 12.7. The Morgan fingerprint density at radius 1 is 1.29 bits per heavy atom. The van der Waals surface area contributed by atoms with Gasteiger partial charge in [-0.3, -0.25) is 4.98 Å². The molecule has 24 heavy (non-hydrogen) atoms. The standard InChI is InChI=1S/C16H19N3O4S/c1-2-22-16-6-5-15(11-18-16)24(20,21)19-9-7-14(12-19)23-13-4-3-8-17-10-13/h3-6,8,10-11,14H,2,7,9,12H2,1H3. The molecule has 0 aromatic carbocycles. The molecule has 0 saturated carbocycles. The Morgan fingerprint density at radius 3 is 2.83 bits per heavy atom. The summed E-state index contributed by atoms with van der Waals surface area (Å²) in [6.07, 6.45) is 5.07. The first-order chi connectivity index (χ1) is 11.6. The average Bonchev–Trinajstić information content (AvgIpc) is 3.06. The lowest BCUT2D eigenvalue weighted by Crippen LogP contribution is -2.31. The number of rotatable bonds is 6. The van der Waals surface area contributed by atoms with Gasteiger partial charge >= 0.3 is 0 Å². The number of aromatic nitrogens is 2. The molecule has 0 aliphatic carbocycles. The Kier molecular flexibility index (Phi) is 4.96. The van der Waals surface area contributed by atoms with Crippen LogP contribution in [-0.4, -0.2) is 48.5 Å². The van der Waals surface area contributed by atoms with Gasteiger partial charge < -0.3 is 9.47 Å². The topological polar surface area (TPSA) is 81.6 Å². The van der Waals surface area contributed by atoms with Crippen LogP contribution in [0.4, 0.5) is 0 Å². The molecule has 0 spiro atoms. The van der Waals surface area contributed by atoms with Crippen molar-refractivity contribution in [2.45, 2.75) is 24.3 Å². The lowest BCUT2D eigenvalue weighted by molar-refractivity contribution is 0.214. The van der Waals surface area contributed by atoms with Crippen LogP contribution >= 0.6 is 0 Å². The summed E-state index contributed by atoms with van der Waals surface area (Å²) in [6, 6.07) is 6.67. The van der Waals surface area contributed by atoms with Crippen molar-refractivity contribution in [3.8, 4) is 11.6 Å². The molecule has 1 atom stereocenters. The molecule has 1 fully saturated rings. The quantitative estimate of drug-likeness (QED) is 0.790. The highest BCUT2D eigenvalue weighted by Crippen LogP contribution is 2.24. The molecule has 2 aromatic heterocycles. The van der Waals surface area contributed by atoms with Gasteiger partial charge in [-0.05, 0) is 31.5 Å². The van der Waals surface area contributed by atoms with Crippen molar-refractivity contribution in [3.05, 3.63) is 42.9 Å². The highest BCUT2D eigenvalue weighted by Gasteiger charge is 2.33. The van der Waals surface area contributed by atoms with Crippen molar-refractivity contribution >= 4 is 10.0 Å². The smallest absolute Gasteiger partial charge is 0.244 e. The van der Waals surface area contributed by atoms with Gasteiger partial charge in [-0.1, -0.05) is 0 Å². The van der Waals surface area contributed by atoms with Crippen molar-refractivity contribution in [2.24, 2.45) is 0 Å². The summed E-state index contributed by atoms with van der Waals surface area (Å²) < 4.78 is 37.8. The first-order valence-corrected chi connectivity index (χ1v) is 9.19. The summed E-state index contributed by atoms with van der Waals surface area (Å²) in [5, 5.41) is 0. The number of pyridine rings is 2. The predicted molar refractivity (Wildman–Crippen MR) is 87.4 cm³/mol. The Morgan fingerprint density at radius 2 is 2.17 bits per heavy atom. The molecule has 1 unspecified atom stereocenters. The highest BCUT2D eigenvalue weighted by atomic mass is 32.2. The van der Waals surface area contributed by atoms with Gasteiger partial charge in [0.2, 0.25) is 15.9 Å². The lowest BCUT2D eigenvalue weighted by Gasteiger charge is -2.17. The average molecular weight is 349 g/mol. The second-order valence-corrected chi connectivity index (χ2v) is 7.28. The Balaban J connectivity index is 1.67. The molecule has 3 heterocycles. The second kappa shape index (κ2) is 7.14. The lowest BCUT2D eigenvalue weighted by atomic mass is 10.3. The third-order valence-corrected chi connectivity index (χ3v) is 5.53. The van der Waals surface area contributed by atoms with E-state index in [2.05, 4.69) is 9.97 Å². The van der Waals surface area contributed by atoms with Gasteiger partial charge in [0, 0.05) is 18.8 Å². The Bertz CT molecular complexity index is 766. The number of sulfonamides is 1. The first-order valence-electron chi connectivity index (χ1n) is 7.75. The van der Waals surface area contributed by atoms with Gasteiger partial charge in [0.05, 0.1) is 25.5 Å². The van der Waals surface area contributed by atoms with E-state index in [0.29, 0.717) is 37.7 Å². The highest BCUT2D eigenvalue weighted by molar-refractivity contribution is 7.89. The molecule has 0 radical (unpaired) electrons. The SMILES string of the molecule is CCOc1ccc(S(=O)(=O)N2CCC(Oc3cccnc3)C2)cn1. The van der Waals surface area contributed by atoms with Gasteiger partial charge in [-0.25, -0.2) is 13.4 Å². The molecule has 8 heteroatoms. The fraction of sp³-hybridized carbons (Fsp3) is 0.375.